The van der Waals surface area contributed by atoms with E-state index in [9.17, 15) is 5.11 Å². The molecule has 17 heavy (non-hydrogen) atoms. The zero-order valence-electron chi connectivity index (χ0n) is 10.9. The molecule has 2 aliphatic rings. The second-order valence-corrected chi connectivity index (χ2v) is 5.90. The van der Waals surface area contributed by atoms with Gasteiger partial charge in [-0.15, -0.1) is 0 Å². The van der Waals surface area contributed by atoms with Crippen molar-refractivity contribution < 1.29 is 5.11 Å². The molecule has 0 radical (unpaired) electrons. The van der Waals surface area contributed by atoms with Crippen LogP contribution in [0.15, 0.2) is 0 Å². The summed E-state index contributed by atoms with van der Waals surface area (Å²) in [6, 6.07) is 3.35. The molecule has 2 heterocycles. The molecule has 1 N–H and O–H groups in total. The predicted molar refractivity (Wildman–Crippen MR) is 67.5 cm³/mol. The first-order valence-electron chi connectivity index (χ1n) is 6.96. The largest absolute Gasteiger partial charge is 0.390 e. The van der Waals surface area contributed by atoms with Crippen molar-refractivity contribution in [2.75, 3.05) is 7.05 Å². The van der Waals surface area contributed by atoms with Crippen molar-refractivity contribution in [3.05, 3.63) is 0 Å². The minimum Gasteiger partial charge on any atom is -0.390 e. The van der Waals surface area contributed by atoms with Gasteiger partial charge in [0.05, 0.1) is 11.7 Å². The van der Waals surface area contributed by atoms with Crippen molar-refractivity contribution >= 4 is 0 Å². The van der Waals surface area contributed by atoms with Gasteiger partial charge >= 0.3 is 0 Å². The van der Waals surface area contributed by atoms with Gasteiger partial charge in [0.25, 0.3) is 0 Å². The first-order valence-corrected chi connectivity index (χ1v) is 6.96. The number of unbranched alkanes of at least 4 members (excludes halogenated alkanes) is 2. The molecule has 0 aromatic heterocycles. The van der Waals surface area contributed by atoms with Gasteiger partial charge in [-0.3, -0.25) is 0 Å². The molecule has 0 aromatic rings. The lowest BCUT2D eigenvalue weighted by Gasteiger charge is -2.50. The maximum atomic E-state index is 10.7. The van der Waals surface area contributed by atoms with Crippen LogP contribution in [0.25, 0.3) is 0 Å². The van der Waals surface area contributed by atoms with Crippen LogP contribution < -0.4 is 0 Å². The predicted octanol–water partition coefficient (Wildman–Crippen LogP) is 2.45. The third-order valence-corrected chi connectivity index (χ3v) is 4.64. The Morgan fingerprint density at radius 3 is 2.53 bits per heavy atom. The number of hydrogen-bond donors (Lipinski definition) is 1. The van der Waals surface area contributed by atoms with E-state index >= 15 is 0 Å². The van der Waals surface area contributed by atoms with Gasteiger partial charge in [0.15, 0.2) is 0 Å². The molecule has 2 aliphatic heterocycles. The molecule has 3 nitrogen and oxygen atoms in total. The Hall–Kier alpha value is -0.590. The summed E-state index contributed by atoms with van der Waals surface area (Å²) in [5, 5.41) is 19.2. The van der Waals surface area contributed by atoms with E-state index in [2.05, 4.69) is 18.0 Å². The van der Waals surface area contributed by atoms with Crippen LogP contribution in [0.2, 0.25) is 0 Å². The van der Waals surface area contributed by atoms with E-state index in [1.165, 1.54) is 19.3 Å². The number of hydrogen-bond acceptors (Lipinski definition) is 3. The molecular weight excluding hydrogens is 212 g/mol. The van der Waals surface area contributed by atoms with E-state index in [1.807, 2.05) is 0 Å². The minimum atomic E-state index is -0.447. The van der Waals surface area contributed by atoms with Crippen LogP contribution in [0.1, 0.15) is 57.8 Å². The van der Waals surface area contributed by atoms with Gasteiger partial charge in [-0.25, -0.2) is 0 Å². The molecule has 0 aliphatic carbocycles. The highest BCUT2D eigenvalue weighted by Crippen LogP contribution is 2.40. The Labute approximate surface area is 104 Å². The Bertz CT molecular complexity index is 283. The van der Waals surface area contributed by atoms with E-state index in [0.717, 1.165) is 32.1 Å². The van der Waals surface area contributed by atoms with E-state index in [4.69, 9.17) is 5.26 Å². The number of aliphatic hydroxyl groups is 1. The minimum absolute atomic E-state index is 0.447. The fourth-order valence-corrected chi connectivity index (χ4v) is 3.61. The van der Waals surface area contributed by atoms with E-state index in [0.29, 0.717) is 18.5 Å². The molecule has 0 amide bonds. The summed E-state index contributed by atoms with van der Waals surface area (Å²) in [6.07, 6.45) is 9.12. The summed E-state index contributed by atoms with van der Waals surface area (Å²) in [5.74, 6) is 0. The average molecular weight is 236 g/mol. The summed E-state index contributed by atoms with van der Waals surface area (Å²) in [6.45, 7) is 0. The molecule has 2 saturated heterocycles. The fraction of sp³-hybridized carbons (Fsp3) is 0.929. The molecule has 2 bridgehead atoms. The first-order chi connectivity index (χ1) is 8.14. The lowest BCUT2D eigenvalue weighted by atomic mass is 9.74. The van der Waals surface area contributed by atoms with Crippen molar-refractivity contribution in [2.45, 2.75) is 75.5 Å². The van der Waals surface area contributed by atoms with Gasteiger partial charge in [0.1, 0.15) is 0 Å². The van der Waals surface area contributed by atoms with E-state index < -0.39 is 5.60 Å². The lowest BCUT2D eigenvalue weighted by molar-refractivity contribution is -0.0878. The quantitative estimate of drug-likeness (QED) is 0.763. The Balaban J connectivity index is 1.87. The third-order valence-electron chi connectivity index (χ3n) is 4.64. The summed E-state index contributed by atoms with van der Waals surface area (Å²) < 4.78 is 0. The molecule has 0 aromatic carbocycles. The molecule has 96 valence electrons. The highest BCUT2D eigenvalue weighted by molar-refractivity contribution is 4.98. The van der Waals surface area contributed by atoms with Crippen LogP contribution in [0.3, 0.4) is 0 Å². The highest BCUT2D eigenvalue weighted by Gasteiger charge is 2.43. The van der Waals surface area contributed by atoms with Crippen molar-refractivity contribution in [1.82, 2.24) is 4.90 Å². The third kappa shape index (κ3) is 3.00. The standard InChI is InChI=1S/C14H24N2O/c1-16-12-6-5-7-13(16)11-14(17,10-12)8-3-2-4-9-15/h12-13,17H,2-8,10-11H2,1H3. The maximum absolute atomic E-state index is 10.7. The molecule has 0 saturated carbocycles. The smallest absolute Gasteiger partial charge is 0.0677 e. The summed E-state index contributed by atoms with van der Waals surface area (Å²) in [7, 11) is 2.21. The molecule has 0 spiro atoms. The lowest BCUT2D eigenvalue weighted by Crippen LogP contribution is -2.56. The second-order valence-electron chi connectivity index (χ2n) is 5.90. The van der Waals surface area contributed by atoms with Crippen molar-refractivity contribution in [1.29, 1.82) is 5.26 Å². The zero-order valence-corrected chi connectivity index (χ0v) is 10.9. The zero-order chi connectivity index (χ0) is 12.3. The van der Waals surface area contributed by atoms with Gasteiger partial charge in [0.2, 0.25) is 0 Å². The Morgan fingerprint density at radius 2 is 1.94 bits per heavy atom. The van der Waals surface area contributed by atoms with E-state index in [1.54, 1.807) is 0 Å². The number of piperidine rings is 2. The van der Waals surface area contributed by atoms with Gasteiger partial charge in [-0.2, -0.15) is 5.26 Å². The normalized spacial score (nSPS) is 37.7. The molecule has 2 atom stereocenters. The number of rotatable bonds is 4. The van der Waals surface area contributed by atoms with Crippen LogP contribution >= 0.6 is 0 Å². The van der Waals surface area contributed by atoms with E-state index in [-0.39, 0.29) is 0 Å². The van der Waals surface area contributed by atoms with Crippen LogP contribution in [-0.2, 0) is 0 Å². The summed E-state index contributed by atoms with van der Waals surface area (Å²) >= 11 is 0. The maximum Gasteiger partial charge on any atom is 0.0677 e. The van der Waals surface area contributed by atoms with Crippen LogP contribution in [-0.4, -0.2) is 34.7 Å². The Morgan fingerprint density at radius 1 is 1.29 bits per heavy atom. The van der Waals surface area contributed by atoms with Crippen molar-refractivity contribution in [3.8, 4) is 6.07 Å². The summed E-state index contributed by atoms with van der Waals surface area (Å²) in [4.78, 5) is 2.48. The van der Waals surface area contributed by atoms with Gasteiger partial charge in [-0.1, -0.05) is 6.42 Å². The van der Waals surface area contributed by atoms with Gasteiger partial charge in [0, 0.05) is 18.5 Å². The van der Waals surface area contributed by atoms with Crippen molar-refractivity contribution in [3.63, 3.8) is 0 Å². The highest BCUT2D eigenvalue weighted by atomic mass is 16.3. The number of nitrogens with zero attached hydrogens (tertiary/aromatic N) is 2. The first kappa shape index (κ1) is 12.9. The van der Waals surface area contributed by atoms with Crippen LogP contribution in [0, 0.1) is 11.3 Å². The number of fused-ring (bicyclic) bond motifs is 2. The van der Waals surface area contributed by atoms with Crippen molar-refractivity contribution in [2.24, 2.45) is 0 Å². The molecule has 2 unspecified atom stereocenters. The van der Waals surface area contributed by atoms with Gasteiger partial charge < -0.3 is 10.0 Å². The van der Waals surface area contributed by atoms with Crippen LogP contribution in [0.4, 0.5) is 0 Å². The molecule has 2 rings (SSSR count). The second kappa shape index (κ2) is 5.37. The fourth-order valence-electron chi connectivity index (χ4n) is 3.61. The Kier molecular flexibility index (Phi) is 4.06. The molecule has 3 heteroatoms. The topological polar surface area (TPSA) is 47.3 Å². The molecular formula is C14H24N2O. The molecule has 2 fully saturated rings. The van der Waals surface area contributed by atoms with Crippen LogP contribution in [0.5, 0.6) is 0 Å². The average Bonchev–Trinajstić information content (AvgIpc) is 2.27. The SMILES string of the molecule is CN1C2CCCC1CC(O)(CCCCC#N)C2. The monoisotopic (exact) mass is 236 g/mol. The summed E-state index contributed by atoms with van der Waals surface area (Å²) in [5.41, 5.74) is -0.447. The number of nitriles is 1. The van der Waals surface area contributed by atoms with Gasteiger partial charge in [-0.05, 0) is 52.0 Å².